The SMILES string of the molecule is CCOCCOC(=O)C(C)OC(=O)OCCOCCOC(=O)OC(C)C(=O)OCCOCC. The Morgan fingerprint density at radius 1 is 0.515 bits per heavy atom. The van der Waals surface area contributed by atoms with Gasteiger partial charge in [0.15, 0.2) is 12.2 Å². The molecule has 2 atom stereocenters. The van der Waals surface area contributed by atoms with E-state index in [1.54, 1.807) is 0 Å². The highest BCUT2D eigenvalue weighted by Gasteiger charge is 2.21. The second-order valence-electron chi connectivity index (χ2n) is 6.06. The van der Waals surface area contributed by atoms with Crippen molar-refractivity contribution in [3.63, 3.8) is 0 Å². The van der Waals surface area contributed by atoms with Crippen molar-refractivity contribution in [1.82, 2.24) is 0 Å². The van der Waals surface area contributed by atoms with Gasteiger partial charge in [-0.3, -0.25) is 0 Å². The molecule has 192 valence electrons. The molecular formula is C20H34O13. The van der Waals surface area contributed by atoms with Crippen LogP contribution < -0.4 is 0 Å². The zero-order valence-corrected chi connectivity index (χ0v) is 19.5. The Hall–Kier alpha value is -2.64. The van der Waals surface area contributed by atoms with Crippen molar-refractivity contribution >= 4 is 24.2 Å². The maximum atomic E-state index is 11.6. The summed E-state index contributed by atoms with van der Waals surface area (Å²) in [5.74, 6) is -1.44. The van der Waals surface area contributed by atoms with Gasteiger partial charge in [-0.1, -0.05) is 0 Å². The van der Waals surface area contributed by atoms with Gasteiger partial charge >= 0.3 is 24.2 Å². The first-order valence-corrected chi connectivity index (χ1v) is 10.5. The average molecular weight is 482 g/mol. The van der Waals surface area contributed by atoms with E-state index in [2.05, 4.69) is 0 Å². The molecule has 0 aliphatic heterocycles. The molecule has 0 amide bonds. The lowest BCUT2D eigenvalue weighted by molar-refractivity contribution is -0.155. The normalized spacial score (nSPS) is 12.2. The van der Waals surface area contributed by atoms with Crippen LogP contribution in [-0.2, 0) is 52.2 Å². The van der Waals surface area contributed by atoms with Gasteiger partial charge in [-0.25, -0.2) is 19.2 Å². The fourth-order valence-electron chi connectivity index (χ4n) is 1.85. The molecule has 0 aromatic rings. The third-order valence-corrected chi connectivity index (χ3v) is 3.46. The van der Waals surface area contributed by atoms with Gasteiger partial charge < -0.3 is 42.6 Å². The molecule has 0 heterocycles. The van der Waals surface area contributed by atoms with E-state index in [4.69, 9.17) is 42.6 Å². The smallest absolute Gasteiger partial charge is 0.461 e. The molecule has 0 N–H and O–H groups in total. The lowest BCUT2D eigenvalue weighted by Gasteiger charge is -2.13. The Bertz CT molecular complexity index is 518. The molecule has 0 rings (SSSR count). The second-order valence-corrected chi connectivity index (χ2v) is 6.06. The number of esters is 2. The van der Waals surface area contributed by atoms with Crippen LogP contribution in [0.4, 0.5) is 9.59 Å². The van der Waals surface area contributed by atoms with Crippen LogP contribution in [0.2, 0.25) is 0 Å². The first-order chi connectivity index (χ1) is 15.8. The Kier molecular flexibility index (Phi) is 18.4. The van der Waals surface area contributed by atoms with E-state index in [0.29, 0.717) is 13.2 Å². The van der Waals surface area contributed by atoms with E-state index in [9.17, 15) is 19.2 Å². The Morgan fingerprint density at radius 3 is 1.21 bits per heavy atom. The van der Waals surface area contributed by atoms with E-state index in [1.165, 1.54) is 13.8 Å². The molecule has 13 heteroatoms. The molecule has 0 aromatic carbocycles. The summed E-state index contributed by atoms with van der Waals surface area (Å²) in [4.78, 5) is 46.2. The zero-order chi connectivity index (χ0) is 24.9. The van der Waals surface area contributed by atoms with Crippen LogP contribution in [-0.4, -0.2) is 103 Å². The van der Waals surface area contributed by atoms with Crippen LogP contribution in [0.5, 0.6) is 0 Å². The van der Waals surface area contributed by atoms with Crippen LogP contribution in [0, 0.1) is 0 Å². The minimum absolute atomic E-state index is 0.0107. The summed E-state index contributed by atoms with van der Waals surface area (Å²) < 4.78 is 43.9. The molecule has 13 nitrogen and oxygen atoms in total. The summed E-state index contributed by atoms with van der Waals surface area (Å²) in [6.07, 6.45) is -4.39. The molecule has 0 radical (unpaired) electrons. The highest BCUT2D eigenvalue weighted by Crippen LogP contribution is 2.00. The third-order valence-electron chi connectivity index (χ3n) is 3.46. The molecule has 0 fully saturated rings. The maximum absolute atomic E-state index is 11.6. The van der Waals surface area contributed by atoms with Crippen LogP contribution >= 0.6 is 0 Å². The van der Waals surface area contributed by atoms with E-state index >= 15 is 0 Å². The molecular weight excluding hydrogens is 448 g/mol. The lowest BCUT2D eigenvalue weighted by Crippen LogP contribution is -2.28. The first-order valence-electron chi connectivity index (χ1n) is 10.5. The number of hydrogen-bond donors (Lipinski definition) is 0. The molecule has 0 aliphatic carbocycles. The molecule has 0 saturated carbocycles. The highest BCUT2D eigenvalue weighted by atomic mass is 16.7. The third kappa shape index (κ3) is 17.6. The van der Waals surface area contributed by atoms with Crippen LogP contribution in [0.15, 0.2) is 0 Å². The minimum Gasteiger partial charge on any atom is -0.461 e. The molecule has 0 saturated heterocycles. The monoisotopic (exact) mass is 482 g/mol. The van der Waals surface area contributed by atoms with Crippen molar-refractivity contribution in [3.05, 3.63) is 0 Å². The quantitative estimate of drug-likeness (QED) is 0.157. The van der Waals surface area contributed by atoms with Crippen molar-refractivity contribution in [2.75, 3.05) is 66.1 Å². The van der Waals surface area contributed by atoms with Crippen molar-refractivity contribution < 1.29 is 61.8 Å². The van der Waals surface area contributed by atoms with Crippen LogP contribution in [0.3, 0.4) is 0 Å². The topological polar surface area (TPSA) is 151 Å². The molecule has 0 spiro atoms. The molecule has 2 unspecified atom stereocenters. The fourth-order valence-corrected chi connectivity index (χ4v) is 1.85. The maximum Gasteiger partial charge on any atom is 0.509 e. The number of carbonyl (C=O) groups is 4. The highest BCUT2D eigenvalue weighted by molar-refractivity contribution is 5.77. The van der Waals surface area contributed by atoms with Gasteiger partial charge in [0.05, 0.1) is 26.4 Å². The number of carbonyl (C=O) groups excluding carboxylic acids is 4. The largest absolute Gasteiger partial charge is 0.509 e. The number of ether oxygens (including phenoxy) is 9. The van der Waals surface area contributed by atoms with Gasteiger partial charge in [0.1, 0.15) is 26.4 Å². The van der Waals surface area contributed by atoms with Gasteiger partial charge in [0.25, 0.3) is 0 Å². The van der Waals surface area contributed by atoms with Crippen molar-refractivity contribution in [2.45, 2.75) is 39.9 Å². The Morgan fingerprint density at radius 2 is 0.848 bits per heavy atom. The standard InChI is InChI=1S/C20H34O13/c1-5-25-7-11-28-17(21)15(3)32-19(23)30-13-9-27-10-14-31-20(24)33-16(4)18(22)29-12-8-26-6-2/h15-16H,5-14H2,1-4H3. The van der Waals surface area contributed by atoms with Gasteiger partial charge in [-0.15, -0.1) is 0 Å². The number of rotatable bonds is 18. The summed E-state index contributed by atoms with van der Waals surface area (Å²) in [6, 6.07) is 0. The molecule has 33 heavy (non-hydrogen) atoms. The summed E-state index contributed by atoms with van der Waals surface area (Å²) in [7, 11) is 0. The van der Waals surface area contributed by atoms with Crippen molar-refractivity contribution in [1.29, 1.82) is 0 Å². The fraction of sp³-hybridized carbons (Fsp3) is 0.800. The molecule has 0 bridgehead atoms. The lowest BCUT2D eigenvalue weighted by atomic mass is 10.4. The minimum atomic E-state index is -1.14. The summed E-state index contributed by atoms with van der Waals surface area (Å²) in [6.45, 7) is 7.58. The molecule has 0 aromatic heterocycles. The zero-order valence-electron chi connectivity index (χ0n) is 19.5. The second kappa shape index (κ2) is 20.0. The van der Waals surface area contributed by atoms with E-state index in [0.717, 1.165) is 0 Å². The van der Waals surface area contributed by atoms with E-state index in [1.807, 2.05) is 13.8 Å². The van der Waals surface area contributed by atoms with Crippen molar-refractivity contribution in [3.8, 4) is 0 Å². The summed E-state index contributed by atoms with van der Waals surface area (Å²) >= 11 is 0. The van der Waals surface area contributed by atoms with Gasteiger partial charge in [0, 0.05) is 13.2 Å². The summed E-state index contributed by atoms with van der Waals surface area (Å²) in [5.41, 5.74) is 0. The van der Waals surface area contributed by atoms with Crippen LogP contribution in [0.25, 0.3) is 0 Å². The predicted octanol–water partition coefficient (Wildman–Crippen LogP) is 1.25. The van der Waals surface area contributed by atoms with Gasteiger partial charge in [0.2, 0.25) is 0 Å². The first kappa shape index (κ1) is 30.4. The van der Waals surface area contributed by atoms with Crippen LogP contribution in [0.1, 0.15) is 27.7 Å². The number of hydrogen-bond acceptors (Lipinski definition) is 13. The van der Waals surface area contributed by atoms with Crippen molar-refractivity contribution in [2.24, 2.45) is 0 Å². The Labute approximate surface area is 192 Å². The van der Waals surface area contributed by atoms with Gasteiger partial charge in [-0.05, 0) is 27.7 Å². The van der Waals surface area contributed by atoms with Gasteiger partial charge in [-0.2, -0.15) is 0 Å². The Balaban J connectivity index is 3.73. The van der Waals surface area contributed by atoms with E-state index in [-0.39, 0.29) is 52.9 Å². The summed E-state index contributed by atoms with van der Waals surface area (Å²) in [5, 5.41) is 0. The average Bonchev–Trinajstić information content (AvgIpc) is 2.78. The predicted molar refractivity (Wildman–Crippen MR) is 110 cm³/mol. The van der Waals surface area contributed by atoms with E-state index < -0.39 is 36.5 Å². The molecule has 0 aliphatic rings.